The van der Waals surface area contributed by atoms with E-state index in [0.717, 1.165) is 4.88 Å². The van der Waals surface area contributed by atoms with E-state index in [1.54, 1.807) is 12.3 Å². The van der Waals surface area contributed by atoms with Crippen molar-refractivity contribution in [2.75, 3.05) is 6.54 Å². The van der Waals surface area contributed by atoms with Gasteiger partial charge >= 0.3 is 11.8 Å². The molecule has 0 spiro atoms. The Bertz CT molecular complexity index is 518. The molecular formula is C10H10N4O2S. The van der Waals surface area contributed by atoms with Gasteiger partial charge in [-0.2, -0.15) is 0 Å². The lowest BCUT2D eigenvalue weighted by atomic mass is 10.4. The summed E-state index contributed by atoms with van der Waals surface area (Å²) in [5.41, 5.74) is 0. The minimum Gasteiger partial charge on any atom is -0.411 e. The fraction of sp³-hybridized carbons (Fsp3) is 0.400. The Morgan fingerprint density at radius 1 is 1.53 bits per heavy atom. The second kappa shape index (κ2) is 4.25. The molecule has 0 atom stereocenters. The van der Waals surface area contributed by atoms with Crippen molar-refractivity contribution in [1.29, 1.82) is 0 Å². The topological polar surface area (TPSA) is 80.9 Å². The Morgan fingerprint density at radius 3 is 3.12 bits per heavy atom. The number of rotatable bonds is 4. The van der Waals surface area contributed by atoms with E-state index in [9.17, 15) is 4.79 Å². The standard InChI is InChI=1S/C10H10N4O2S/c15-8(11-5-6-1-2-6)10-14-13-9(16-10)7-3-4-12-17-7/h3-4,6H,1-2,5H2,(H,11,15). The molecule has 1 aliphatic rings. The maximum atomic E-state index is 11.6. The van der Waals surface area contributed by atoms with E-state index in [1.807, 2.05) is 0 Å². The summed E-state index contributed by atoms with van der Waals surface area (Å²) < 4.78 is 9.21. The molecule has 0 saturated heterocycles. The highest BCUT2D eigenvalue weighted by Gasteiger charge is 2.23. The first-order valence-corrected chi connectivity index (χ1v) is 6.13. The summed E-state index contributed by atoms with van der Waals surface area (Å²) in [6.07, 6.45) is 4.03. The summed E-state index contributed by atoms with van der Waals surface area (Å²) in [5, 5.41) is 10.3. The third-order valence-electron chi connectivity index (χ3n) is 2.52. The molecule has 0 radical (unpaired) electrons. The highest BCUT2D eigenvalue weighted by Crippen LogP contribution is 2.27. The molecule has 1 N–H and O–H groups in total. The molecule has 1 saturated carbocycles. The zero-order chi connectivity index (χ0) is 11.7. The van der Waals surface area contributed by atoms with Gasteiger partial charge < -0.3 is 9.73 Å². The quantitative estimate of drug-likeness (QED) is 0.885. The lowest BCUT2D eigenvalue weighted by Gasteiger charge is -1.98. The molecule has 7 heteroatoms. The summed E-state index contributed by atoms with van der Waals surface area (Å²) in [5.74, 6) is 0.668. The van der Waals surface area contributed by atoms with Gasteiger partial charge in [0.2, 0.25) is 0 Å². The van der Waals surface area contributed by atoms with Gasteiger partial charge in [-0.1, -0.05) is 0 Å². The number of carbonyl (C=O) groups excluding carboxylic acids is 1. The van der Waals surface area contributed by atoms with Crippen molar-refractivity contribution in [3.05, 3.63) is 18.2 Å². The molecular weight excluding hydrogens is 240 g/mol. The predicted octanol–water partition coefficient (Wildman–Crippen LogP) is 1.33. The van der Waals surface area contributed by atoms with Crippen LogP contribution in [-0.2, 0) is 0 Å². The van der Waals surface area contributed by atoms with Gasteiger partial charge in [-0.05, 0) is 36.4 Å². The van der Waals surface area contributed by atoms with Crippen molar-refractivity contribution in [1.82, 2.24) is 19.9 Å². The summed E-state index contributed by atoms with van der Waals surface area (Å²) >= 11 is 1.25. The summed E-state index contributed by atoms with van der Waals surface area (Å²) in [4.78, 5) is 12.4. The number of nitrogens with one attached hydrogen (secondary N) is 1. The number of carbonyl (C=O) groups is 1. The molecule has 0 aromatic carbocycles. The van der Waals surface area contributed by atoms with Crippen LogP contribution in [0.4, 0.5) is 0 Å². The highest BCUT2D eigenvalue weighted by molar-refractivity contribution is 7.09. The van der Waals surface area contributed by atoms with Crippen molar-refractivity contribution in [2.24, 2.45) is 5.92 Å². The molecule has 2 aromatic rings. The van der Waals surface area contributed by atoms with Gasteiger partial charge in [0.25, 0.3) is 5.89 Å². The highest BCUT2D eigenvalue weighted by atomic mass is 32.1. The summed E-state index contributed by atoms with van der Waals surface area (Å²) in [6.45, 7) is 0.692. The summed E-state index contributed by atoms with van der Waals surface area (Å²) in [6, 6.07) is 1.77. The van der Waals surface area contributed by atoms with Crippen LogP contribution < -0.4 is 5.32 Å². The van der Waals surface area contributed by atoms with Crippen LogP contribution in [0.2, 0.25) is 0 Å². The number of hydrogen-bond donors (Lipinski definition) is 1. The van der Waals surface area contributed by atoms with Crippen LogP contribution in [0.25, 0.3) is 10.8 Å². The molecule has 0 unspecified atom stereocenters. The largest absolute Gasteiger partial charge is 0.411 e. The van der Waals surface area contributed by atoms with E-state index in [-0.39, 0.29) is 11.8 Å². The van der Waals surface area contributed by atoms with Gasteiger partial charge in [0.1, 0.15) is 4.88 Å². The third-order valence-corrected chi connectivity index (χ3v) is 3.25. The molecule has 1 fully saturated rings. The van der Waals surface area contributed by atoms with Crippen molar-refractivity contribution >= 4 is 17.4 Å². The summed E-state index contributed by atoms with van der Waals surface area (Å²) in [7, 11) is 0. The van der Waals surface area contributed by atoms with Gasteiger partial charge in [-0.25, -0.2) is 4.37 Å². The molecule has 88 valence electrons. The predicted molar refractivity (Wildman–Crippen MR) is 60.5 cm³/mol. The fourth-order valence-electron chi connectivity index (χ4n) is 1.38. The average Bonchev–Trinajstić information content (AvgIpc) is 2.85. The fourth-order valence-corrected chi connectivity index (χ4v) is 1.89. The van der Waals surface area contributed by atoms with E-state index in [4.69, 9.17) is 4.42 Å². The molecule has 2 heterocycles. The Hall–Kier alpha value is -1.76. The average molecular weight is 250 g/mol. The number of nitrogens with zero attached hydrogens (tertiary/aromatic N) is 3. The van der Waals surface area contributed by atoms with E-state index >= 15 is 0 Å². The molecule has 6 nitrogen and oxygen atoms in total. The SMILES string of the molecule is O=C(NCC1CC1)c1nnc(-c2ccns2)o1. The van der Waals surface area contributed by atoms with Gasteiger partial charge in [-0.15, -0.1) is 10.2 Å². The van der Waals surface area contributed by atoms with E-state index in [0.29, 0.717) is 18.4 Å². The zero-order valence-electron chi connectivity index (χ0n) is 8.92. The second-order valence-corrected chi connectivity index (χ2v) is 4.78. The number of aromatic nitrogens is 3. The van der Waals surface area contributed by atoms with Crippen molar-refractivity contribution in [3.63, 3.8) is 0 Å². The monoisotopic (exact) mass is 250 g/mol. The van der Waals surface area contributed by atoms with E-state index in [2.05, 4.69) is 19.9 Å². The first-order chi connectivity index (χ1) is 8.33. The molecule has 3 rings (SSSR count). The smallest absolute Gasteiger partial charge is 0.308 e. The van der Waals surface area contributed by atoms with Crippen LogP contribution >= 0.6 is 11.5 Å². The number of amides is 1. The third kappa shape index (κ3) is 2.33. The molecule has 17 heavy (non-hydrogen) atoms. The minimum atomic E-state index is -0.305. The van der Waals surface area contributed by atoms with Gasteiger partial charge in [0.15, 0.2) is 0 Å². The first kappa shape index (κ1) is 10.4. The van der Waals surface area contributed by atoms with Crippen molar-refractivity contribution in [3.8, 4) is 10.8 Å². The van der Waals surface area contributed by atoms with Crippen molar-refractivity contribution in [2.45, 2.75) is 12.8 Å². The van der Waals surface area contributed by atoms with E-state index < -0.39 is 0 Å². The van der Waals surface area contributed by atoms with Crippen molar-refractivity contribution < 1.29 is 9.21 Å². The minimum absolute atomic E-state index is 0.00838. The Balaban J connectivity index is 1.68. The molecule has 0 aliphatic heterocycles. The number of hydrogen-bond acceptors (Lipinski definition) is 6. The van der Waals surface area contributed by atoms with Crippen LogP contribution in [-0.4, -0.2) is 27.0 Å². The second-order valence-electron chi connectivity index (χ2n) is 3.94. The van der Waals surface area contributed by atoms with Crippen LogP contribution in [0.5, 0.6) is 0 Å². The zero-order valence-corrected chi connectivity index (χ0v) is 9.74. The van der Waals surface area contributed by atoms with Crippen LogP contribution in [0.15, 0.2) is 16.7 Å². The Morgan fingerprint density at radius 2 is 2.41 bits per heavy atom. The maximum absolute atomic E-state index is 11.6. The normalized spacial score (nSPS) is 14.8. The van der Waals surface area contributed by atoms with Crippen LogP contribution in [0, 0.1) is 5.92 Å². The molecule has 1 amide bonds. The van der Waals surface area contributed by atoms with Crippen LogP contribution in [0.3, 0.4) is 0 Å². The Kier molecular flexibility index (Phi) is 2.60. The molecule has 2 aromatic heterocycles. The van der Waals surface area contributed by atoms with E-state index in [1.165, 1.54) is 24.4 Å². The maximum Gasteiger partial charge on any atom is 0.308 e. The molecule has 0 bridgehead atoms. The lowest BCUT2D eigenvalue weighted by molar-refractivity contribution is 0.0918. The van der Waals surface area contributed by atoms with Crippen LogP contribution in [0.1, 0.15) is 23.5 Å². The van der Waals surface area contributed by atoms with Gasteiger partial charge in [0.05, 0.1) is 0 Å². The van der Waals surface area contributed by atoms with Gasteiger partial charge in [-0.3, -0.25) is 4.79 Å². The Labute approximate surface area is 101 Å². The lowest BCUT2D eigenvalue weighted by Crippen LogP contribution is -2.25. The molecule has 1 aliphatic carbocycles. The van der Waals surface area contributed by atoms with Gasteiger partial charge in [0, 0.05) is 12.7 Å². The first-order valence-electron chi connectivity index (χ1n) is 5.35.